The first kappa shape index (κ1) is 13.6. The maximum atomic E-state index is 8.91. The summed E-state index contributed by atoms with van der Waals surface area (Å²) >= 11 is 0. The molecule has 1 atom stereocenters. The Morgan fingerprint density at radius 3 is 2.56 bits per heavy atom. The fourth-order valence-corrected chi connectivity index (χ4v) is 2.38. The summed E-state index contributed by atoms with van der Waals surface area (Å²) in [6, 6.07) is 3.70. The topological polar surface area (TPSA) is 59.4 Å². The Balaban J connectivity index is 0.00000128. The highest BCUT2D eigenvalue weighted by molar-refractivity contribution is 5.85. The molecule has 1 aromatic heterocycles. The van der Waals surface area contributed by atoms with E-state index in [1.807, 2.05) is 6.07 Å². The van der Waals surface area contributed by atoms with Crippen molar-refractivity contribution in [1.82, 2.24) is 0 Å². The first-order chi connectivity index (χ1) is 7.31. The number of hydrogen-bond acceptors (Lipinski definition) is 3. The molecule has 0 bridgehead atoms. The molecule has 1 heterocycles. The van der Waals surface area contributed by atoms with Gasteiger partial charge in [-0.25, -0.2) is 0 Å². The second-order valence-corrected chi connectivity index (χ2v) is 4.39. The lowest BCUT2D eigenvalue weighted by atomic mass is 9.83. The number of hydrogen-bond donors (Lipinski definition) is 2. The molecule has 1 aromatic rings. The van der Waals surface area contributed by atoms with E-state index in [0.717, 1.165) is 5.76 Å². The molecule has 4 heteroatoms. The SMILES string of the molecule is Cl.N[C@@H](c1ccc(CO)o1)C1CCCCC1. The molecule has 0 aliphatic heterocycles. The summed E-state index contributed by atoms with van der Waals surface area (Å²) in [6.45, 7) is -0.0443. The van der Waals surface area contributed by atoms with Crippen molar-refractivity contribution < 1.29 is 9.52 Å². The van der Waals surface area contributed by atoms with Crippen LogP contribution in [-0.4, -0.2) is 5.11 Å². The van der Waals surface area contributed by atoms with Crippen LogP contribution in [0.25, 0.3) is 0 Å². The lowest BCUT2D eigenvalue weighted by molar-refractivity contribution is 0.229. The van der Waals surface area contributed by atoms with Crippen molar-refractivity contribution in [2.75, 3.05) is 0 Å². The van der Waals surface area contributed by atoms with E-state index in [-0.39, 0.29) is 25.1 Å². The Labute approximate surface area is 102 Å². The van der Waals surface area contributed by atoms with Crippen molar-refractivity contribution in [2.24, 2.45) is 11.7 Å². The average Bonchev–Trinajstić information content (AvgIpc) is 2.78. The van der Waals surface area contributed by atoms with Gasteiger partial charge in [-0.3, -0.25) is 0 Å². The van der Waals surface area contributed by atoms with Crippen molar-refractivity contribution >= 4 is 12.4 Å². The molecule has 0 amide bonds. The summed E-state index contributed by atoms with van der Waals surface area (Å²) in [4.78, 5) is 0. The summed E-state index contributed by atoms with van der Waals surface area (Å²) < 4.78 is 5.47. The fraction of sp³-hybridized carbons (Fsp3) is 0.667. The molecule has 3 nitrogen and oxygen atoms in total. The van der Waals surface area contributed by atoms with Gasteiger partial charge in [0.05, 0.1) is 6.04 Å². The molecule has 0 unspecified atom stereocenters. The Kier molecular flexibility index (Phi) is 5.32. The third-order valence-electron chi connectivity index (χ3n) is 3.32. The van der Waals surface area contributed by atoms with Crippen LogP contribution in [0.5, 0.6) is 0 Å². The van der Waals surface area contributed by atoms with Gasteiger partial charge in [0, 0.05) is 0 Å². The van der Waals surface area contributed by atoms with Crippen molar-refractivity contribution in [3.8, 4) is 0 Å². The molecule has 92 valence electrons. The molecule has 0 saturated heterocycles. The summed E-state index contributed by atoms with van der Waals surface area (Å²) in [5.74, 6) is 1.98. The molecule has 0 spiro atoms. The summed E-state index contributed by atoms with van der Waals surface area (Å²) in [5.41, 5.74) is 6.16. The maximum absolute atomic E-state index is 8.91. The van der Waals surface area contributed by atoms with Crippen LogP contribution in [0, 0.1) is 5.92 Å². The molecule has 1 aliphatic rings. The molecule has 16 heavy (non-hydrogen) atoms. The summed E-state index contributed by atoms with van der Waals surface area (Å²) in [6.07, 6.45) is 6.31. The van der Waals surface area contributed by atoms with Gasteiger partial charge in [0.15, 0.2) is 0 Å². The molecule has 2 rings (SSSR count). The van der Waals surface area contributed by atoms with Crippen molar-refractivity contribution in [3.63, 3.8) is 0 Å². The average molecular weight is 246 g/mol. The van der Waals surface area contributed by atoms with Gasteiger partial charge in [0.2, 0.25) is 0 Å². The molecular formula is C12H20ClNO2. The van der Waals surface area contributed by atoms with Gasteiger partial charge < -0.3 is 15.3 Å². The molecule has 0 radical (unpaired) electrons. The van der Waals surface area contributed by atoms with Gasteiger partial charge in [-0.2, -0.15) is 0 Å². The highest BCUT2D eigenvalue weighted by Gasteiger charge is 2.23. The molecule has 0 aromatic carbocycles. The highest BCUT2D eigenvalue weighted by atomic mass is 35.5. The Bertz CT molecular complexity index is 308. The lowest BCUT2D eigenvalue weighted by Crippen LogP contribution is -2.23. The quantitative estimate of drug-likeness (QED) is 0.861. The number of halogens is 1. The predicted octanol–water partition coefficient (Wildman–Crippen LogP) is 2.77. The number of aliphatic hydroxyl groups excluding tert-OH is 1. The van der Waals surface area contributed by atoms with Crippen LogP contribution in [0.4, 0.5) is 0 Å². The van der Waals surface area contributed by atoms with Crippen LogP contribution < -0.4 is 5.73 Å². The zero-order valence-corrected chi connectivity index (χ0v) is 10.2. The van der Waals surface area contributed by atoms with Gasteiger partial charge in [0.1, 0.15) is 18.1 Å². The first-order valence-corrected chi connectivity index (χ1v) is 5.76. The Morgan fingerprint density at radius 2 is 2.00 bits per heavy atom. The maximum Gasteiger partial charge on any atom is 0.129 e. The van der Waals surface area contributed by atoms with Gasteiger partial charge in [-0.15, -0.1) is 12.4 Å². The normalized spacial score (nSPS) is 19.1. The minimum Gasteiger partial charge on any atom is -0.462 e. The van der Waals surface area contributed by atoms with Crippen LogP contribution >= 0.6 is 12.4 Å². The van der Waals surface area contributed by atoms with Gasteiger partial charge in [-0.1, -0.05) is 19.3 Å². The summed E-state index contributed by atoms with van der Waals surface area (Å²) in [5, 5.41) is 8.91. The predicted molar refractivity (Wildman–Crippen MR) is 65.4 cm³/mol. The van der Waals surface area contributed by atoms with E-state index in [0.29, 0.717) is 11.7 Å². The summed E-state index contributed by atoms with van der Waals surface area (Å²) in [7, 11) is 0. The first-order valence-electron chi connectivity index (χ1n) is 5.76. The molecular weight excluding hydrogens is 226 g/mol. The number of aliphatic hydroxyl groups is 1. The third-order valence-corrected chi connectivity index (χ3v) is 3.32. The van der Waals surface area contributed by atoms with Gasteiger partial charge in [-0.05, 0) is 30.9 Å². The third kappa shape index (κ3) is 3.00. The Morgan fingerprint density at radius 1 is 1.31 bits per heavy atom. The number of rotatable bonds is 3. The lowest BCUT2D eigenvalue weighted by Gasteiger charge is -2.26. The standard InChI is InChI=1S/C12H19NO2.ClH/c13-12(9-4-2-1-3-5-9)11-7-6-10(8-14)15-11;/h6-7,9,12,14H,1-5,8,13H2;1H/t12-;/m1./s1. The van der Waals surface area contributed by atoms with Crippen LogP contribution in [0.1, 0.15) is 49.7 Å². The van der Waals surface area contributed by atoms with Gasteiger partial charge in [0.25, 0.3) is 0 Å². The van der Waals surface area contributed by atoms with Crippen LogP contribution in [0.15, 0.2) is 16.5 Å². The van der Waals surface area contributed by atoms with E-state index in [1.54, 1.807) is 6.07 Å². The molecule has 1 fully saturated rings. The minimum atomic E-state index is -0.0443. The highest BCUT2D eigenvalue weighted by Crippen LogP contribution is 2.33. The zero-order valence-electron chi connectivity index (χ0n) is 9.39. The minimum absolute atomic E-state index is 0. The van der Waals surface area contributed by atoms with E-state index >= 15 is 0 Å². The van der Waals surface area contributed by atoms with Crippen molar-refractivity contribution in [2.45, 2.75) is 44.8 Å². The second-order valence-electron chi connectivity index (χ2n) is 4.39. The smallest absolute Gasteiger partial charge is 0.129 e. The van der Waals surface area contributed by atoms with Gasteiger partial charge >= 0.3 is 0 Å². The monoisotopic (exact) mass is 245 g/mol. The van der Waals surface area contributed by atoms with Crippen molar-refractivity contribution in [3.05, 3.63) is 23.7 Å². The molecule has 3 N–H and O–H groups in total. The van der Waals surface area contributed by atoms with E-state index in [4.69, 9.17) is 15.3 Å². The second kappa shape index (κ2) is 6.28. The fourth-order valence-electron chi connectivity index (χ4n) is 2.38. The van der Waals surface area contributed by atoms with Crippen molar-refractivity contribution in [1.29, 1.82) is 0 Å². The van der Waals surface area contributed by atoms with Crippen LogP contribution in [0.3, 0.4) is 0 Å². The largest absolute Gasteiger partial charge is 0.462 e. The Hall–Kier alpha value is -0.510. The van der Waals surface area contributed by atoms with E-state index in [2.05, 4.69) is 0 Å². The van der Waals surface area contributed by atoms with E-state index < -0.39 is 0 Å². The zero-order chi connectivity index (χ0) is 10.7. The number of furan rings is 1. The van der Waals surface area contributed by atoms with Crippen LogP contribution in [-0.2, 0) is 6.61 Å². The van der Waals surface area contributed by atoms with E-state index in [9.17, 15) is 0 Å². The molecule has 1 saturated carbocycles. The molecule has 1 aliphatic carbocycles. The van der Waals surface area contributed by atoms with E-state index in [1.165, 1.54) is 32.1 Å². The van der Waals surface area contributed by atoms with Crippen LogP contribution in [0.2, 0.25) is 0 Å². The number of nitrogens with two attached hydrogens (primary N) is 1.